The van der Waals surface area contributed by atoms with E-state index in [9.17, 15) is 4.79 Å². The van der Waals surface area contributed by atoms with Gasteiger partial charge in [0.15, 0.2) is 5.96 Å². The summed E-state index contributed by atoms with van der Waals surface area (Å²) in [5.74, 6) is -0.170. The van der Waals surface area contributed by atoms with Crippen LogP contribution in [0.5, 0.6) is 0 Å². The minimum atomic E-state index is -0.276. The van der Waals surface area contributed by atoms with Crippen LogP contribution >= 0.6 is 0 Å². The second-order valence-corrected chi connectivity index (χ2v) is 4.13. The molecule has 18 heavy (non-hydrogen) atoms. The molecule has 0 atom stereocenters. The number of nitrogens with zero attached hydrogens (tertiary/aromatic N) is 2. The Morgan fingerprint density at radius 3 is 3.17 bits per heavy atom. The van der Waals surface area contributed by atoms with Crippen LogP contribution in [0.4, 0.5) is 0 Å². The SMILES string of the molecule is CN=C(N)NC(=O)c1cnc2c(c1)CCCC=C2. The quantitative estimate of drug-likeness (QED) is 0.573. The van der Waals surface area contributed by atoms with E-state index < -0.39 is 0 Å². The average molecular weight is 244 g/mol. The molecule has 1 aromatic rings. The van der Waals surface area contributed by atoms with Crippen LogP contribution in [-0.2, 0) is 6.42 Å². The van der Waals surface area contributed by atoms with Crippen molar-refractivity contribution < 1.29 is 4.79 Å². The summed E-state index contributed by atoms with van der Waals surface area (Å²) < 4.78 is 0. The molecular formula is C13H16N4O. The Morgan fingerprint density at radius 1 is 1.56 bits per heavy atom. The molecule has 1 aliphatic rings. The minimum absolute atomic E-state index is 0.106. The summed E-state index contributed by atoms with van der Waals surface area (Å²) in [6.45, 7) is 0. The Balaban J connectivity index is 2.23. The summed E-state index contributed by atoms with van der Waals surface area (Å²) in [5.41, 5.74) is 8.02. The first kappa shape index (κ1) is 12.3. The molecule has 0 unspecified atom stereocenters. The number of carbonyl (C=O) groups is 1. The van der Waals surface area contributed by atoms with E-state index in [1.165, 1.54) is 7.05 Å². The number of aliphatic imine (C=N–C) groups is 1. The lowest BCUT2D eigenvalue weighted by Gasteiger charge is -2.07. The van der Waals surface area contributed by atoms with Crippen molar-refractivity contribution in [1.29, 1.82) is 0 Å². The molecular weight excluding hydrogens is 228 g/mol. The van der Waals surface area contributed by atoms with E-state index in [1.807, 2.05) is 12.1 Å². The van der Waals surface area contributed by atoms with Gasteiger partial charge in [0.2, 0.25) is 0 Å². The van der Waals surface area contributed by atoms with E-state index in [0.29, 0.717) is 5.56 Å². The molecule has 1 aliphatic carbocycles. The molecule has 2 rings (SSSR count). The van der Waals surface area contributed by atoms with Crippen molar-refractivity contribution in [1.82, 2.24) is 10.3 Å². The van der Waals surface area contributed by atoms with Gasteiger partial charge in [-0.15, -0.1) is 0 Å². The molecule has 0 saturated carbocycles. The van der Waals surface area contributed by atoms with Crippen molar-refractivity contribution in [2.24, 2.45) is 10.7 Å². The number of hydrogen-bond acceptors (Lipinski definition) is 3. The number of allylic oxidation sites excluding steroid dienone is 1. The van der Waals surface area contributed by atoms with Crippen LogP contribution in [0, 0.1) is 0 Å². The number of nitrogens with one attached hydrogen (secondary N) is 1. The highest BCUT2D eigenvalue weighted by molar-refractivity contribution is 6.05. The van der Waals surface area contributed by atoms with Crippen molar-refractivity contribution in [3.8, 4) is 0 Å². The number of aryl methyl sites for hydroxylation is 1. The monoisotopic (exact) mass is 244 g/mol. The summed E-state index contributed by atoms with van der Waals surface area (Å²) in [6, 6.07) is 1.87. The molecule has 0 fully saturated rings. The fourth-order valence-corrected chi connectivity index (χ4v) is 1.85. The zero-order chi connectivity index (χ0) is 13.0. The zero-order valence-electron chi connectivity index (χ0n) is 10.3. The van der Waals surface area contributed by atoms with Gasteiger partial charge in [0.1, 0.15) is 0 Å². The van der Waals surface area contributed by atoms with Gasteiger partial charge in [0, 0.05) is 13.2 Å². The summed E-state index contributed by atoms with van der Waals surface area (Å²) in [7, 11) is 1.52. The molecule has 0 aliphatic heterocycles. The van der Waals surface area contributed by atoms with Crippen LogP contribution in [0.3, 0.4) is 0 Å². The topological polar surface area (TPSA) is 80.4 Å². The maximum absolute atomic E-state index is 11.9. The number of amides is 1. The van der Waals surface area contributed by atoms with Gasteiger partial charge in [-0.25, -0.2) is 0 Å². The Bertz CT molecular complexity index is 520. The number of rotatable bonds is 1. The highest BCUT2D eigenvalue weighted by atomic mass is 16.1. The molecule has 0 spiro atoms. The number of carbonyl (C=O) groups excluding carboxylic acids is 1. The third-order valence-corrected chi connectivity index (χ3v) is 2.84. The summed E-state index contributed by atoms with van der Waals surface area (Å²) in [6.07, 6.45) is 8.74. The van der Waals surface area contributed by atoms with E-state index in [0.717, 1.165) is 30.5 Å². The fraction of sp³-hybridized carbons (Fsp3) is 0.308. The van der Waals surface area contributed by atoms with Gasteiger partial charge in [-0.3, -0.25) is 20.1 Å². The molecule has 0 saturated heterocycles. The lowest BCUT2D eigenvalue weighted by Crippen LogP contribution is -2.36. The van der Waals surface area contributed by atoms with Crippen molar-refractivity contribution in [3.63, 3.8) is 0 Å². The number of guanidine groups is 1. The maximum Gasteiger partial charge on any atom is 0.259 e. The molecule has 1 aromatic heterocycles. The van der Waals surface area contributed by atoms with Gasteiger partial charge in [-0.1, -0.05) is 6.08 Å². The van der Waals surface area contributed by atoms with Gasteiger partial charge in [0.05, 0.1) is 11.3 Å². The molecule has 0 bridgehead atoms. The Labute approximate surface area is 106 Å². The first-order valence-electron chi connectivity index (χ1n) is 5.90. The first-order chi connectivity index (χ1) is 8.70. The highest BCUT2D eigenvalue weighted by Gasteiger charge is 2.11. The van der Waals surface area contributed by atoms with Gasteiger partial charge in [0.25, 0.3) is 5.91 Å². The molecule has 1 amide bonds. The van der Waals surface area contributed by atoms with Gasteiger partial charge >= 0.3 is 0 Å². The lowest BCUT2D eigenvalue weighted by atomic mass is 10.1. The Hall–Kier alpha value is -2.17. The van der Waals surface area contributed by atoms with E-state index in [1.54, 1.807) is 6.20 Å². The molecule has 1 heterocycles. The van der Waals surface area contributed by atoms with E-state index in [4.69, 9.17) is 5.73 Å². The third kappa shape index (κ3) is 2.74. The van der Waals surface area contributed by atoms with Crippen LogP contribution in [0.2, 0.25) is 0 Å². The van der Waals surface area contributed by atoms with Crippen molar-refractivity contribution in [3.05, 3.63) is 35.2 Å². The number of aromatic nitrogens is 1. The second kappa shape index (κ2) is 5.44. The van der Waals surface area contributed by atoms with Crippen LogP contribution in [0.15, 0.2) is 23.3 Å². The predicted molar refractivity (Wildman–Crippen MR) is 71.2 cm³/mol. The van der Waals surface area contributed by atoms with E-state index >= 15 is 0 Å². The molecule has 0 aromatic carbocycles. The average Bonchev–Trinajstić information content (AvgIpc) is 2.62. The van der Waals surface area contributed by atoms with Gasteiger partial charge < -0.3 is 5.73 Å². The normalized spacial score (nSPS) is 14.8. The Kier molecular flexibility index (Phi) is 3.72. The number of pyridine rings is 1. The smallest absolute Gasteiger partial charge is 0.259 e. The third-order valence-electron chi connectivity index (χ3n) is 2.84. The second-order valence-electron chi connectivity index (χ2n) is 4.13. The van der Waals surface area contributed by atoms with Crippen LogP contribution in [-0.4, -0.2) is 23.9 Å². The van der Waals surface area contributed by atoms with Crippen molar-refractivity contribution in [2.45, 2.75) is 19.3 Å². The summed E-state index contributed by atoms with van der Waals surface area (Å²) in [5, 5.41) is 2.50. The summed E-state index contributed by atoms with van der Waals surface area (Å²) >= 11 is 0. The van der Waals surface area contributed by atoms with Crippen LogP contribution in [0.1, 0.15) is 34.5 Å². The van der Waals surface area contributed by atoms with E-state index in [-0.39, 0.29) is 11.9 Å². The van der Waals surface area contributed by atoms with Gasteiger partial charge in [-0.2, -0.15) is 0 Å². The molecule has 0 radical (unpaired) electrons. The minimum Gasteiger partial charge on any atom is -0.370 e. The Morgan fingerprint density at radius 2 is 2.39 bits per heavy atom. The fourth-order valence-electron chi connectivity index (χ4n) is 1.85. The predicted octanol–water partition coefficient (Wildman–Crippen LogP) is 1.11. The number of fused-ring (bicyclic) bond motifs is 1. The van der Waals surface area contributed by atoms with Crippen LogP contribution < -0.4 is 11.1 Å². The maximum atomic E-state index is 11.9. The van der Waals surface area contributed by atoms with E-state index in [2.05, 4.69) is 21.4 Å². The molecule has 94 valence electrons. The van der Waals surface area contributed by atoms with Gasteiger partial charge in [-0.05, 0) is 37.0 Å². The standard InChI is InChI=1S/C13H16N4O/c1-15-13(14)17-12(18)10-7-9-5-3-2-4-6-11(9)16-8-10/h4,6-8H,2-3,5H2,1H3,(H3,14,15,17,18). The molecule has 5 nitrogen and oxygen atoms in total. The zero-order valence-corrected chi connectivity index (χ0v) is 10.3. The molecule has 5 heteroatoms. The number of hydrogen-bond donors (Lipinski definition) is 2. The van der Waals surface area contributed by atoms with Crippen LogP contribution in [0.25, 0.3) is 6.08 Å². The summed E-state index contributed by atoms with van der Waals surface area (Å²) in [4.78, 5) is 19.8. The van der Waals surface area contributed by atoms with Crippen molar-refractivity contribution in [2.75, 3.05) is 7.05 Å². The highest BCUT2D eigenvalue weighted by Crippen LogP contribution is 2.17. The first-order valence-corrected chi connectivity index (χ1v) is 5.90. The number of nitrogens with two attached hydrogens (primary N) is 1. The van der Waals surface area contributed by atoms with Crippen molar-refractivity contribution >= 4 is 17.9 Å². The largest absolute Gasteiger partial charge is 0.370 e. The molecule has 3 N–H and O–H groups in total. The lowest BCUT2D eigenvalue weighted by molar-refractivity contribution is 0.0976.